The lowest BCUT2D eigenvalue weighted by Crippen LogP contribution is -1.91. The summed E-state index contributed by atoms with van der Waals surface area (Å²) in [4.78, 5) is 5.74. The fraction of sp³-hybridized carbons (Fsp3) is 0.364. The predicted octanol–water partition coefficient (Wildman–Crippen LogP) is 3.56. The molecule has 2 rings (SSSR count). The van der Waals surface area contributed by atoms with Gasteiger partial charge in [-0.1, -0.05) is 13.3 Å². The summed E-state index contributed by atoms with van der Waals surface area (Å²) in [6, 6.07) is 4.42. The number of aryl methyl sites for hydroxylation is 2. The fourth-order valence-corrected chi connectivity index (χ4v) is 2.35. The highest BCUT2D eigenvalue weighted by atomic mass is 32.1. The topological polar surface area (TPSA) is 12.9 Å². The number of rotatable bonds is 2. The number of thiophene rings is 1. The molecule has 0 saturated heterocycles. The molecule has 2 aromatic rings. The third-order valence-corrected chi connectivity index (χ3v) is 3.08. The highest BCUT2D eigenvalue weighted by Crippen LogP contribution is 2.21. The first-order chi connectivity index (χ1) is 6.31. The van der Waals surface area contributed by atoms with Gasteiger partial charge in [0.25, 0.3) is 0 Å². The first-order valence-corrected chi connectivity index (χ1v) is 5.53. The van der Waals surface area contributed by atoms with Crippen LogP contribution in [0, 0.1) is 6.92 Å². The Balaban J connectivity index is 2.56. The van der Waals surface area contributed by atoms with Crippen LogP contribution in [0.4, 0.5) is 0 Å². The highest BCUT2D eigenvalue weighted by molar-refractivity contribution is 7.16. The van der Waals surface area contributed by atoms with Gasteiger partial charge in [-0.2, -0.15) is 0 Å². The van der Waals surface area contributed by atoms with Crippen LogP contribution in [0.25, 0.3) is 10.2 Å². The van der Waals surface area contributed by atoms with Gasteiger partial charge >= 0.3 is 0 Å². The van der Waals surface area contributed by atoms with Crippen LogP contribution in [0.3, 0.4) is 0 Å². The van der Waals surface area contributed by atoms with E-state index in [2.05, 4.69) is 36.3 Å². The van der Waals surface area contributed by atoms with Crippen LogP contribution in [-0.2, 0) is 6.42 Å². The maximum Gasteiger partial charge on any atom is 0.123 e. The number of fused-ring (bicyclic) bond motifs is 1. The summed E-state index contributed by atoms with van der Waals surface area (Å²) in [7, 11) is 0. The summed E-state index contributed by atoms with van der Waals surface area (Å²) >= 11 is 1.72. The predicted molar refractivity (Wildman–Crippen MR) is 58.4 cm³/mol. The van der Waals surface area contributed by atoms with Gasteiger partial charge in [0.15, 0.2) is 0 Å². The molecule has 0 aliphatic carbocycles. The summed E-state index contributed by atoms with van der Waals surface area (Å²) in [5.41, 5.74) is 2.59. The minimum Gasteiger partial charge on any atom is -0.242 e. The first-order valence-electron chi connectivity index (χ1n) is 4.65. The Kier molecular flexibility index (Phi) is 2.32. The van der Waals surface area contributed by atoms with E-state index < -0.39 is 0 Å². The van der Waals surface area contributed by atoms with E-state index >= 15 is 0 Å². The van der Waals surface area contributed by atoms with Crippen molar-refractivity contribution in [1.82, 2.24) is 4.98 Å². The second kappa shape index (κ2) is 3.46. The van der Waals surface area contributed by atoms with Crippen molar-refractivity contribution in [1.29, 1.82) is 0 Å². The minimum atomic E-state index is 1.14. The van der Waals surface area contributed by atoms with E-state index in [-0.39, 0.29) is 0 Å². The normalized spacial score (nSPS) is 10.9. The lowest BCUT2D eigenvalue weighted by molar-refractivity contribution is 0.904. The molecule has 68 valence electrons. The zero-order valence-electron chi connectivity index (χ0n) is 8.00. The van der Waals surface area contributed by atoms with Crippen LogP contribution in [0.15, 0.2) is 17.5 Å². The molecule has 0 aromatic carbocycles. The Morgan fingerprint density at radius 2 is 2.31 bits per heavy atom. The molecule has 0 unspecified atom stereocenters. The second-order valence-corrected chi connectivity index (χ2v) is 4.19. The van der Waals surface area contributed by atoms with Crippen molar-refractivity contribution >= 4 is 21.6 Å². The molecule has 0 spiro atoms. The summed E-state index contributed by atoms with van der Waals surface area (Å²) in [6.45, 7) is 4.31. The Morgan fingerprint density at radius 1 is 1.46 bits per heavy atom. The standard InChI is InChI=1S/C11H13NS/c1-3-4-9-7-10-5-6-13-11(10)12-8(9)2/h5-7H,3-4H2,1-2H3. The van der Waals surface area contributed by atoms with Crippen molar-refractivity contribution in [3.8, 4) is 0 Å². The van der Waals surface area contributed by atoms with Gasteiger partial charge < -0.3 is 0 Å². The van der Waals surface area contributed by atoms with Gasteiger partial charge in [0.05, 0.1) is 0 Å². The van der Waals surface area contributed by atoms with Gasteiger partial charge in [0, 0.05) is 11.1 Å². The van der Waals surface area contributed by atoms with E-state index in [1.54, 1.807) is 11.3 Å². The van der Waals surface area contributed by atoms with E-state index in [4.69, 9.17) is 0 Å². The van der Waals surface area contributed by atoms with E-state index in [1.165, 1.54) is 23.1 Å². The molecule has 2 heteroatoms. The van der Waals surface area contributed by atoms with Crippen LogP contribution in [0.5, 0.6) is 0 Å². The molecule has 0 bridgehead atoms. The highest BCUT2D eigenvalue weighted by Gasteiger charge is 2.02. The number of hydrogen-bond acceptors (Lipinski definition) is 2. The van der Waals surface area contributed by atoms with Crippen molar-refractivity contribution in [3.05, 3.63) is 28.8 Å². The summed E-state index contributed by atoms with van der Waals surface area (Å²) in [6.07, 6.45) is 2.34. The van der Waals surface area contributed by atoms with Gasteiger partial charge in [-0.15, -0.1) is 11.3 Å². The maximum absolute atomic E-state index is 4.57. The van der Waals surface area contributed by atoms with Crippen molar-refractivity contribution < 1.29 is 0 Å². The smallest absolute Gasteiger partial charge is 0.123 e. The molecular weight excluding hydrogens is 178 g/mol. The maximum atomic E-state index is 4.57. The fourth-order valence-electron chi connectivity index (χ4n) is 1.55. The van der Waals surface area contributed by atoms with Crippen molar-refractivity contribution in [2.45, 2.75) is 26.7 Å². The molecule has 0 radical (unpaired) electrons. The van der Waals surface area contributed by atoms with E-state index in [0.29, 0.717) is 0 Å². The lowest BCUT2D eigenvalue weighted by Gasteiger charge is -2.02. The van der Waals surface area contributed by atoms with Crippen molar-refractivity contribution in [2.75, 3.05) is 0 Å². The van der Waals surface area contributed by atoms with Gasteiger partial charge in [-0.3, -0.25) is 0 Å². The van der Waals surface area contributed by atoms with E-state index in [1.807, 2.05) is 0 Å². The lowest BCUT2D eigenvalue weighted by atomic mass is 10.1. The SMILES string of the molecule is CCCc1cc2ccsc2nc1C. The molecule has 0 aliphatic heterocycles. The number of pyridine rings is 1. The molecule has 1 nitrogen and oxygen atoms in total. The molecule has 2 heterocycles. The van der Waals surface area contributed by atoms with Gasteiger partial charge in [-0.05, 0) is 36.4 Å². The van der Waals surface area contributed by atoms with Gasteiger partial charge in [-0.25, -0.2) is 4.98 Å². The number of nitrogens with zero attached hydrogens (tertiary/aromatic N) is 1. The summed E-state index contributed by atoms with van der Waals surface area (Å²) in [5.74, 6) is 0. The molecule has 0 fully saturated rings. The molecule has 0 atom stereocenters. The molecule has 13 heavy (non-hydrogen) atoms. The van der Waals surface area contributed by atoms with Crippen molar-refractivity contribution in [2.24, 2.45) is 0 Å². The van der Waals surface area contributed by atoms with Crippen LogP contribution < -0.4 is 0 Å². The molecule has 0 aliphatic rings. The Hall–Kier alpha value is -0.890. The third-order valence-electron chi connectivity index (χ3n) is 2.26. The molecule has 0 amide bonds. The number of hydrogen-bond donors (Lipinski definition) is 0. The second-order valence-electron chi connectivity index (χ2n) is 3.30. The molecule has 0 N–H and O–H groups in total. The average molecular weight is 191 g/mol. The van der Waals surface area contributed by atoms with Crippen molar-refractivity contribution in [3.63, 3.8) is 0 Å². The van der Waals surface area contributed by atoms with E-state index in [9.17, 15) is 0 Å². The monoisotopic (exact) mass is 191 g/mol. The Labute approximate surface area is 82.4 Å². The zero-order chi connectivity index (χ0) is 9.26. The average Bonchev–Trinajstić information content (AvgIpc) is 2.52. The Morgan fingerprint density at radius 3 is 3.08 bits per heavy atom. The van der Waals surface area contributed by atoms with Gasteiger partial charge in [0.1, 0.15) is 4.83 Å². The molecule has 0 saturated carbocycles. The summed E-state index contributed by atoms with van der Waals surface area (Å²) < 4.78 is 0. The van der Waals surface area contributed by atoms with Crippen LogP contribution in [-0.4, -0.2) is 4.98 Å². The zero-order valence-corrected chi connectivity index (χ0v) is 8.82. The van der Waals surface area contributed by atoms with Crippen LogP contribution in [0.2, 0.25) is 0 Å². The molecule has 2 aromatic heterocycles. The molecular formula is C11H13NS. The van der Waals surface area contributed by atoms with Crippen LogP contribution >= 0.6 is 11.3 Å². The van der Waals surface area contributed by atoms with Gasteiger partial charge in [0.2, 0.25) is 0 Å². The van der Waals surface area contributed by atoms with Crippen LogP contribution in [0.1, 0.15) is 24.6 Å². The Bertz CT molecular complexity index is 417. The largest absolute Gasteiger partial charge is 0.242 e. The first kappa shape index (κ1) is 8.70. The number of aromatic nitrogens is 1. The quantitative estimate of drug-likeness (QED) is 0.707. The van der Waals surface area contributed by atoms with E-state index in [0.717, 1.165) is 11.3 Å². The third kappa shape index (κ3) is 1.59. The summed E-state index contributed by atoms with van der Waals surface area (Å²) in [5, 5.41) is 3.39. The minimum absolute atomic E-state index is 1.14.